The molecule has 2 rings (SSSR count). The molecule has 1 N–H and O–H groups in total. The van der Waals surface area contributed by atoms with Crippen LogP contribution < -0.4 is 5.56 Å². The van der Waals surface area contributed by atoms with Crippen molar-refractivity contribution in [3.8, 4) is 0 Å². The summed E-state index contributed by atoms with van der Waals surface area (Å²) in [6.45, 7) is 2.55. The summed E-state index contributed by atoms with van der Waals surface area (Å²) in [5.41, 5.74) is -0.248. The standard InChI is InChI=1S/C13H15NO4S/c1-3-8-6-9-11(19-8)7-10(13(16)17)14(12(9)15)4-5-18-2/h6-7H,3-5H2,1-2H3,(H,16,17). The maximum atomic E-state index is 12.3. The fourth-order valence-electron chi connectivity index (χ4n) is 1.95. The van der Waals surface area contributed by atoms with Crippen molar-refractivity contribution in [2.45, 2.75) is 19.9 Å². The van der Waals surface area contributed by atoms with Crippen LogP contribution in [0.3, 0.4) is 0 Å². The van der Waals surface area contributed by atoms with E-state index >= 15 is 0 Å². The number of nitrogens with zero attached hydrogens (tertiary/aromatic N) is 1. The number of hydrogen-bond acceptors (Lipinski definition) is 4. The van der Waals surface area contributed by atoms with Gasteiger partial charge >= 0.3 is 5.97 Å². The van der Waals surface area contributed by atoms with Gasteiger partial charge in [-0.2, -0.15) is 0 Å². The van der Waals surface area contributed by atoms with Crippen molar-refractivity contribution >= 4 is 27.4 Å². The van der Waals surface area contributed by atoms with Crippen LogP contribution in [0.2, 0.25) is 0 Å². The van der Waals surface area contributed by atoms with Crippen LogP contribution in [0.1, 0.15) is 22.3 Å². The van der Waals surface area contributed by atoms with Crippen LogP contribution in [-0.4, -0.2) is 29.4 Å². The van der Waals surface area contributed by atoms with Gasteiger partial charge in [0.05, 0.1) is 12.0 Å². The molecule has 0 saturated heterocycles. The summed E-state index contributed by atoms with van der Waals surface area (Å²) in [6, 6.07) is 3.41. The van der Waals surface area contributed by atoms with Gasteiger partial charge in [0.15, 0.2) is 0 Å². The second kappa shape index (κ2) is 5.54. The lowest BCUT2D eigenvalue weighted by molar-refractivity contribution is 0.0681. The molecule has 6 heteroatoms. The van der Waals surface area contributed by atoms with Crippen LogP contribution in [0.25, 0.3) is 10.1 Å². The normalized spacial score (nSPS) is 11.1. The van der Waals surface area contributed by atoms with E-state index in [-0.39, 0.29) is 17.8 Å². The summed E-state index contributed by atoms with van der Waals surface area (Å²) in [5, 5.41) is 9.80. The van der Waals surface area contributed by atoms with Gasteiger partial charge in [0.2, 0.25) is 0 Å². The maximum absolute atomic E-state index is 12.3. The third-order valence-corrected chi connectivity index (χ3v) is 4.16. The number of aromatic carboxylic acids is 1. The van der Waals surface area contributed by atoms with E-state index in [0.29, 0.717) is 12.0 Å². The summed E-state index contributed by atoms with van der Waals surface area (Å²) in [6.07, 6.45) is 0.833. The summed E-state index contributed by atoms with van der Waals surface area (Å²) >= 11 is 1.47. The fraction of sp³-hybridized carbons (Fsp3) is 0.385. The third-order valence-electron chi connectivity index (χ3n) is 2.93. The van der Waals surface area contributed by atoms with Gasteiger partial charge < -0.3 is 9.84 Å². The molecule has 0 unspecified atom stereocenters. The van der Waals surface area contributed by atoms with Crippen molar-refractivity contribution in [2.24, 2.45) is 0 Å². The highest BCUT2D eigenvalue weighted by Gasteiger charge is 2.16. The molecule has 0 spiro atoms. The number of pyridine rings is 1. The van der Waals surface area contributed by atoms with E-state index < -0.39 is 5.97 Å². The Kier molecular flexibility index (Phi) is 4.01. The fourth-order valence-corrected chi connectivity index (χ4v) is 2.98. The van der Waals surface area contributed by atoms with E-state index in [1.807, 2.05) is 13.0 Å². The van der Waals surface area contributed by atoms with Crippen LogP contribution in [-0.2, 0) is 17.7 Å². The minimum absolute atomic E-state index is 0.0130. The Morgan fingerprint density at radius 3 is 2.79 bits per heavy atom. The lowest BCUT2D eigenvalue weighted by Gasteiger charge is -2.09. The van der Waals surface area contributed by atoms with Crippen molar-refractivity contribution in [3.05, 3.63) is 33.1 Å². The molecule has 0 aromatic carbocycles. The SMILES string of the molecule is CCc1cc2c(=O)n(CCOC)c(C(=O)O)cc2s1. The van der Waals surface area contributed by atoms with Gasteiger partial charge in [-0.1, -0.05) is 6.92 Å². The topological polar surface area (TPSA) is 68.5 Å². The Hall–Kier alpha value is -1.66. The van der Waals surface area contributed by atoms with Crippen molar-refractivity contribution < 1.29 is 14.6 Å². The molecular weight excluding hydrogens is 266 g/mol. The number of hydrogen-bond donors (Lipinski definition) is 1. The number of carboxylic acids is 1. The number of aryl methyl sites for hydroxylation is 1. The van der Waals surface area contributed by atoms with Crippen LogP contribution >= 0.6 is 11.3 Å². The van der Waals surface area contributed by atoms with Gasteiger partial charge in [-0.3, -0.25) is 9.36 Å². The van der Waals surface area contributed by atoms with Crippen molar-refractivity contribution in [1.82, 2.24) is 4.57 Å². The highest BCUT2D eigenvalue weighted by atomic mass is 32.1. The van der Waals surface area contributed by atoms with Gasteiger partial charge in [0.25, 0.3) is 5.56 Å². The minimum atomic E-state index is -1.10. The van der Waals surface area contributed by atoms with Gasteiger partial charge in [0, 0.05) is 23.2 Å². The van der Waals surface area contributed by atoms with Crippen molar-refractivity contribution in [1.29, 1.82) is 0 Å². The number of ether oxygens (including phenoxy) is 1. The number of thiophene rings is 1. The number of aromatic nitrogens is 1. The molecule has 0 radical (unpaired) electrons. The van der Waals surface area contributed by atoms with Gasteiger partial charge in [-0.05, 0) is 18.6 Å². The van der Waals surface area contributed by atoms with Gasteiger partial charge in [-0.15, -0.1) is 11.3 Å². The van der Waals surface area contributed by atoms with Crippen molar-refractivity contribution in [3.63, 3.8) is 0 Å². The zero-order chi connectivity index (χ0) is 14.0. The third kappa shape index (κ3) is 2.54. The summed E-state index contributed by atoms with van der Waals surface area (Å²) in [7, 11) is 1.52. The summed E-state index contributed by atoms with van der Waals surface area (Å²) in [5.74, 6) is -1.10. The quantitative estimate of drug-likeness (QED) is 0.909. The number of carbonyl (C=O) groups is 1. The number of fused-ring (bicyclic) bond motifs is 1. The highest BCUT2D eigenvalue weighted by Crippen LogP contribution is 2.24. The van der Waals surface area contributed by atoms with E-state index in [9.17, 15) is 14.7 Å². The molecule has 0 atom stereocenters. The first-order valence-corrected chi connectivity index (χ1v) is 6.78. The molecule has 0 amide bonds. The molecule has 2 heterocycles. The number of rotatable bonds is 5. The van der Waals surface area contributed by atoms with E-state index in [1.54, 1.807) is 6.07 Å². The molecule has 5 nitrogen and oxygen atoms in total. The lowest BCUT2D eigenvalue weighted by atomic mass is 10.2. The smallest absolute Gasteiger partial charge is 0.352 e. The average molecular weight is 281 g/mol. The Morgan fingerprint density at radius 2 is 2.21 bits per heavy atom. The molecule has 0 aliphatic heterocycles. The number of carboxylic acid groups (broad SMARTS) is 1. The van der Waals surface area contributed by atoms with Gasteiger partial charge in [0.1, 0.15) is 5.69 Å². The number of methoxy groups -OCH3 is 1. The van der Waals surface area contributed by atoms with Crippen LogP contribution in [0.15, 0.2) is 16.9 Å². The second-order valence-corrected chi connectivity index (χ2v) is 5.30. The predicted molar refractivity (Wildman–Crippen MR) is 74.3 cm³/mol. The molecule has 0 aliphatic rings. The minimum Gasteiger partial charge on any atom is -0.477 e. The van der Waals surface area contributed by atoms with E-state index in [0.717, 1.165) is 16.0 Å². The second-order valence-electron chi connectivity index (χ2n) is 4.13. The summed E-state index contributed by atoms with van der Waals surface area (Å²) < 4.78 is 6.92. The molecule has 102 valence electrons. The Balaban J connectivity index is 2.68. The van der Waals surface area contributed by atoms with Crippen LogP contribution in [0.4, 0.5) is 0 Å². The molecule has 0 saturated carbocycles. The zero-order valence-corrected chi connectivity index (χ0v) is 11.6. The Labute approximate surface area is 114 Å². The van der Waals surface area contributed by atoms with Gasteiger partial charge in [-0.25, -0.2) is 4.79 Å². The molecular formula is C13H15NO4S. The molecule has 0 bridgehead atoms. The first-order valence-electron chi connectivity index (χ1n) is 5.97. The Morgan fingerprint density at radius 1 is 1.47 bits per heavy atom. The highest BCUT2D eigenvalue weighted by molar-refractivity contribution is 7.19. The van der Waals surface area contributed by atoms with E-state index in [4.69, 9.17) is 4.74 Å². The summed E-state index contributed by atoms with van der Waals surface area (Å²) in [4.78, 5) is 24.7. The lowest BCUT2D eigenvalue weighted by Crippen LogP contribution is -2.27. The molecule has 0 aliphatic carbocycles. The zero-order valence-electron chi connectivity index (χ0n) is 10.8. The monoisotopic (exact) mass is 281 g/mol. The average Bonchev–Trinajstić information content (AvgIpc) is 2.80. The first-order chi connectivity index (χ1) is 9.08. The maximum Gasteiger partial charge on any atom is 0.352 e. The molecule has 2 aromatic heterocycles. The van der Waals surface area contributed by atoms with E-state index in [1.165, 1.54) is 23.0 Å². The largest absolute Gasteiger partial charge is 0.477 e. The molecule has 2 aromatic rings. The van der Waals surface area contributed by atoms with E-state index in [2.05, 4.69) is 0 Å². The Bertz CT molecular complexity index is 671. The first kappa shape index (κ1) is 13.8. The van der Waals surface area contributed by atoms with Crippen LogP contribution in [0.5, 0.6) is 0 Å². The van der Waals surface area contributed by atoms with Crippen molar-refractivity contribution in [2.75, 3.05) is 13.7 Å². The predicted octanol–water partition coefficient (Wildman–Crippen LogP) is 1.97. The molecule has 0 fully saturated rings. The van der Waals surface area contributed by atoms with Crippen LogP contribution in [0, 0.1) is 0 Å². The molecule has 19 heavy (non-hydrogen) atoms.